The van der Waals surface area contributed by atoms with Crippen LogP contribution in [0.4, 0.5) is 0 Å². The molecule has 0 aliphatic carbocycles. The molecule has 0 aliphatic rings. The van der Waals surface area contributed by atoms with Gasteiger partial charge in [-0.3, -0.25) is 14.2 Å². The molecular weight excluding hydrogens is 683 g/mol. The number of carboxylic acid groups (broad SMARTS) is 1. The molecule has 48 heavy (non-hydrogen) atoms. The number of imidazole rings is 1. The molecule has 1 aromatic carbocycles. The third kappa shape index (κ3) is 17.4. The molecule has 0 saturated carbocycles. The van der Waals surface area contributed by atoms with Gasteiger partial charge in [-0.2, -0.15) is 0 Å². The average Bonchev–Trinajstić information content (AvgIpc) is 3.30. The summed E-state index contributed by atoms with van der Waals surface area (Å²) in [5, 5.41) is 10.9. The highest BCUT2D eigenvalue weighted by molar-refractivity contribution is 7.99. The number of ether oxygens (including phenoxy) is 2. The van der Waals surface area contributed by atoms with Gasteiger partial charge in [0.1, 0.15) is 17.6 Å². The van der Waals surface area contributed by atoms with Crippen LogP contribution in [0.1, 0.15) is 128 Å². The summed E-state index contributed by atoms with van der Waals surface area (Å²) >= 11 is 14.2. The van der Waals surface area contributed by atoms with E-state index in [4.69, 9.17) is 42.8 Å². The van der Waals surface area contributed by atoms with Crippen LogP contribution in [0.2, 0.25) is 35.2 Å². The monoisotopic (exact) mass is 742 g/mol. The molecule has 1 heterocycles. The Morgan fingerprint density at radius 2 is 1.40 bits per heavy atom. The largest absolute Gasteiger partial charge is 0.481 e. The van der Waals surface area contributed by atoms with E-state index in [1.165, 1.54) is 44.9 Å². The van der Waals surface area contributed by atoms with Crippen LogP contribution in [0.3, 0.4) is 0 Å². The van der Waals surface area contributed by atoms with E-state index in [2.05, 4.69) is 38.1 Å². The number of aliphatic carboxylic acids is 1. The van der Waals surface area contributed by atoms with Gasteiger partial charge in [-0.25, -0.2) is 4.98 Å². The zero-order valence-electron chi connectivity index (χ0n) is 30.3. The standard InChI is InChI=1S/C37H60Cl2N2O5SSi/c1-28(2)36-37(47-32-24-30(38)23-31(39)25-32)41(29(3)40-36)27-45-22-21-33(48(4,5)6)26-46-35(44)20-18-16-14-12-10-8-7-9-11-13-15-17-19-34(42)43/h23-25,28,33H,7-22,26-27H2,1-6H3,(H,42,43). The highest BCUT2D eigenvalue weighted by Gasteiger charge is 2.28. The first kappa shape index (κ1) is 42.6. The van der Waals surface area contributed by atoms with Crippen LogP contribution >= 0.6 is 35.0 Å². The van der Waals surface area contributed by atoms with Crippen molar-refractivity contribution in [2.24, 2.45) is 0 Å². The lowest BCUT2D eigenvalue weighted by Gasteiger charge is -2.28. The highest BCUT2D eigenvalue weighted by Crippen LogP contribution is 2.37. The Kier molecular flexibility index (Phi) is 20.5. The summed E-state index contributed by atoms with van der Waals surface area (Å²) in [7, 11) is -1.58. The highest BCUT2D eigenvalue weighted by atomic mass is 35.5. The predicted octanol–water partition coefficient (Wildman–Crippen LogP) is 11.9. The Bertz CT molecular complexity index is 1230. The Morgan fingerprint density at radius 1 is 0.875 bits per heavy atom. The lowest BCUT2D eigenvalue weighted by Crippen LogP contribution is -2.33. The molecule has 0 fully saturated rings. The zero-order valence-corrected chi connectivity index (χ0v) is 33.6. The lowest BCUT2D eigenvalue weighted by molar-refractivity contribution is -0.144. The third-order valence-electron chi connectivity index (χ3n) is 8.76. The molecule has 1 N–H and O–H groups in total. The summed E-state index contributed by atoms with van der Waals surface area (Å²) in [4.78, 5) is 28.9. The smallest absolute Gasteiger partial charge is 0.305 e. The number of hydrogen-bond donors (Lipinski definition) is 1. The second-order valence-corrected chi connectivity index (χ2v) is 21.8. The van der Waals surface area contributed by atoms with Gasteiger partial charge in [-0.15, -0.1) is 0 Å². The minimum absolute atomic E-state index is 0.0828. The topological polar surface area (TPSA) is 90.7 Å². The molecule has 0 radical (unpaired) electrons. The summed E-state index contributed by atoms with van der Waals surface area (Å²) in [5.41, 5.74) is 1.35. The van der Waals surface area contributed by atoms with Crippen LogP contribution in [0, 0.1) is 6.92 Å². The van der Waals surface area contributed by atoms with Gasteiger partial charge in [0.15, 0.2) is 0 Å². The van der Waals surface area contributed by atoms with Crippen molar-refractivity contribution in [3.63, 3.8) is 0 Å². The number of aryl methyl sites for hydroxylation is 1. The predicted molar refractivity (Wildman–Crippen MR) is 203 cm³/mol. The number of benzene rings is 1. The number of rotatable bonds is 26. The van der Waals surface area contributed by atoms with Crippen molar-refractivity contribution < 1.29 is 24.2 Å². The minimum atomic E-state index is -1.58. The van der Waals surface area contributed by atoms with Crippen LogP contribution in [0.25, 0.3) is 0 Å². The fourth-order valence-corrected chi connectivity index (χ4v) is 9.13. The molecule has 0 saturated heterocycles. The Morgan fingerprint density at radius 3 is 1.90 bits per heavy atom. The van der Waals surface area contributed by atoms with Crippen molar-refractivity contribution in [2.75, 3.05) is 13.2 Å². The Labute approximate surface area is 305 Å². The van der Waals surface area contributed by atoms with Crippen LogP contribution < -0.4 is 0 Å². The molecule has 0 spiro atoms. The van der Waals surface area contributed by atoms with E-state index < -0.39 is 14.0 Å². The maximum absolute atomic E-state index is 12.6. The van der Waals surface area contributed by atoms with E-state index in [0.717, 1.165) is 60.0 Å². The van der Waals surface area contributed by atoms with E-state index in [-0.39, 0.29) is 11.9 Å². The molecule has 7 nitrogen and oxygen atoms in total. The fraction of sp³-hybridized carbons (Fsp3) is 0.703. The normalized spacial score (nSPS) is 12.5. The van der Waals surface area contributed by atoms with E-state index in [1.54, 1.807) is 17.8 Å². The van der Waals surface area contributed by atoms with Crippen molar-refractivity contribution in [1.82, 2.24) is 9.55 Å². The molecule has 1 atom stereocenters. The number of nitrogens with zero attached hydrogens (tertiary/aromatic N) is 2. The van der Waals surface area contributed by atoms with Crippen molar-refractivity contribution in [3.8, 4) is 0 Å². The first-order valence-corrected chi connectivity index (χ1v) is 23.1. The van der Waals surface area contributed by atoms with E-state index in [0.29, 0.717) is 48.4 Å². The maximum atomic E-state index is 12.6. The molecule has 0 aliphatic heterocycles. The van der Waals surface area contributed by atoms with Crippen LogP contribution in [-0.2, 0) is 25.8 Å². The van der Waals surface area contributed by atoms with Gasteiger partial charge in [0.25, 0.3) is 0 Å². The summed E-state index contributed by atoms with van der Waals surface area (Å²) in [5.74, 6) is 0.387. The Hall–Kier alpha value is -1.52. The molecule has 1 unspecified atom stereocenters. The zero-order chi connectivity index (χ0) is 35.5. The molecule has 2 aromatic rings. The number of carbonyl (C=O) groups is 2. The molecular formula is C37H60Cl2N2O5SSi. The van der Waals surface area contributed by atoms with Crippen molar-refractivity contribution in [3.05, 3.63) is 39.8 Å². The van der Waals surface area contributed by atoms with Gasteiger partial charge in [0.05, 0.1) is 20.4 Å². The number of carboxylic acids is 1. The second-order valence-electron chi connectivity index (χ2n) is 14.3. The molecule has 1 aromatic heterocycles. The average molecular weight is 744 g/mol. The number of aromatic nitrogens is 2. The van der Waals surface area contributed by atoms with Crippen molar-refractivity contribution in [1.29, 1.82) is 0 Å². The molecule has 0 bridgehead atoms. The van der Waals surface area contributed by atoms with E-state index >= 15 is 0 Å². The summed E-state index contributed by atoms with van der Waals surface area (Å²) in [6.07, 6.45) is 15.2. The number of halogens is 2. The quantitative estimate of drug-likeness (QED) is 0.0583. The fourth-order valence-electron chi connectivity index (χ4n) is 5.63. The van der Waals surface area contributed by atoms with Crippen molar-refractivity contribution in [2.45, 2.75) is 165 Å². The first-order valence-electron chi connectivity index (χ1n) is 17.9. The van der Waals surface area contributed by atoms with Gasteiger partial charge in [0.2, 0.25) is 0 Å². The molecule has 272 valence electrons. The van der Waals surface area contributed by atoms with E-state index in [1.807, 2.05) is 19.1 Å². The van der Waals surface area contributed by atoms with Gasteiger partial charge >= 0.3 is 11.9 Å². The van der Waals surface area contributed by atoms with E-state index in [9.17, 15) is 9.59 Å². The van der Waals surface area contributed by atoms with Crippen LogP contribution in [0.15, 0.2) is 28.1 Å². The molecule has 0 amide bonds. The minimum Gasteiger partial charge on any atom is -0.481 e. The first-order chi connectivity index (χ1) is 22.8. The maximum Gasteiger partial charge on any atom is 0.305 e. The lowest BCUT2D eigenvalue weighted by atomic mass is 10.0. The number of unbranched alkanes of at least 4 members (excludes halogenated alkanes) is 11. The van der Waals surface area contributed by atoms with Crippen LogP contribution in [0.5, 0.6) is 0 Å². The van der Waals surface area contributed by atoms with Crippen LogP contribution in [-0.4, -0.2) is 47.9 Å². The number of hydrogen-bond acceptors (Lipinski definition) is 6. The molecule has 11 heteroatoms. The van der Waals surface area contributed by atoms with Gasteiger partial charge in [0, 0.05) is 34.4 Å². The third-order valence-corrected chi connectivity index (χ3v) is 13.2. The summed E-state index contributed by atoms with van der Waals surface area (Å²) in [6.45, 7) is 14.7. The second kappa shape index (κ2) is 23.0. The van der Waals surface area contributed by atoms with Gasteiger partial charge in [-0.05, 0) is 55.8 Å². The van der Waals surface area contributed by atoms with Gasteiger partial charge in [-0.1, -0.05) is 133 Å². The molecule has 2 rings (SSSR count). The number of carbonyl (C=O) groups excluding carboxylic acids is 1. The van der Waals surface area contributed by atoms with Crippen molar-refractivity contribution >= 4 is 55.0 Å². The Balaban J connectivity index is 1.68. The summed E-state index contributed by atoms with van der Waals surface area (Å²) in [6, 6.07) is 5.56. The number of esters is 1. The SMILES string of the molecule is Cc1nc(C(C)C)c(Sc2cc(Cl)cc(Cl)c2)n1COCCC(COC(=O)CCCCCCCCCCCCCCC(=O)O)[Si](C)(C)C. The summed E-state index contributed by atoms with van der Waals surface area (Å²) < 4.78 is 14.1. The van der Waals surface area contributed by atoms with Gasteiger partial charge < -0.3 is 14.6 Å².